The van der Waals surface area contributed by atoms with E-state index in [-0.39, 0.29) is 5.41 Å². The Balaban J connectivity index is 2.68. The van der Waals surface area contributed by atoms with Crippen LogP contribution in [0.2, 0.25) is 0 Å². The maximum Gasteiger partial charge on any atom is 0.0868 e. The molecule has 15 heavy (non-hydrogen) atoms. The van der Waals surface area contributed by atoms with Gasteiger partial charge in [-0.3, -0.25) is 0 Å². The van der Waals surface area contributed by atoms with Crippen molar-refractivity contribution in [1.29, 1.82) is 0 Å². The third kappa shape index (κ3) is 4.05. The van der Waals surface area contributed by atoms with Crippen LogP contribution in [0.3, 0.4) is 0 Å². The van der Waals surface area contributed by atoms with E-state index in [4.69, 9.17) is 0 Å². The molecule has 0 aliphatic rings. The third-order valence-corrected chi connectivity index (χ3v) is 2.76. The molecule has 84 valence electrons. The standard InChI is InChI=1S/C14H22O/c1-13(2,3)10-11-14(4,15)12-8-6-5-7-9-12/h5-9,15H,10-11H2,1-4H3. The summed E-state index contributed by atoms with van der Waals surface area (Å²) in [6.45, 7) is 8.50. The van der Waals surface area contributed by atoms with Gasteiger partial charge in [-0.2, -0.15) is 0 Å². The van der Waals surface area contributed by atoms with Crippen LogP contribution in [-0.2, 0) is 5.60 Å². The van der Waals surface area contributed by atoms with E-state index in [9.17, 15) is 5.11 Å². The zero-order valence-corrected chi connectivity index (χ0v) is 10.2. The Bertz CT molecular complexity index is 293. The molecule has 0 aliphatic heterocycles. The summed E-state index contributed by atoms with van der Waals surface area (Å²) in [6.07, 6.45) is 1.83. The lowest BCUT2D eigenvalue weighted by Crippen LogP contribution is -2.23. The molecule has 0 aromatic heterocycles. The van der Waals surface area contributed by atoms with Gasteiger partial charge in [0.25, 0.3) is 0 Å². The average molecular weight is 206 g/mol. The highest BCUT2D eigenvalue weighted by molar-refractivity contribution is 5.21. The van der Waals surface area contributed by atoms with Crippen LogP contribution in [0.15, 0.2) is 30.3 Å². The quantitative estimate of drug-likeness (QED) is 0.799. The monoisotopic (exact) mass is 206 g/mol. The van der Waals surface area contributed by atoms with E-state index in [2.05, 4.69) is 20.8 Å². The molecule has 1 rings (SSSR count). The van der Waals surface area contributed by atoms with Crippen molar-refractivity contribution in [2.24, 2.45) is 5.41 Å². The fourth-order valence-electron chi connectivity index (χ4n) is 1.56. The zero-order chi connectivity index (χ0) is 11.5. The number of hydrogen-bond acceptors (Lipinski definition) is 1. The van der Waals surface area contributed by atoms with E-state index in [0.29, 0.717) is 0 Å². The fourth-order valence-corrected chi connectivity index (χ4v) is 1.56. The van der Waals surface area contributed by atoms with Crippen molar-refractivity contribution in [2.75, 3.05) is 0 Å². The SMILES string of the molecule is CC(C)(C)CCC(C)(O)c1ccccc1. The normalized spacial score (nSPS) is 16.1. The van der Waals surface area contributed by atoms with E-state index >= 15 is 0 Å². The van der Waals surface area contributed by atoms with Crippen LogP contribution in [0, 0.1) is 5.41 Å². The lowest BCUT2D eigenvalue weighted by molar-refractivity contribution is 0.0358. The zero-order valence-electron chi connectivity index (χ0n) is 10.2. The number of hydrogen-bond donors (Lipinski definition) is 1. The van der Waals surface area contributed by atoms with E-state index in [1.165, 1.54) is 0 Å². The summed E-state index contributed by atoms with van der Waals surface area (Å²) < 4.78 is 0. The summed E-state index contributed by atoms with van der Waals surface area (Å²) in [5, 5.41) is 10.3. The smallest absolute Gasteiger partial charge is 0.0868 e. The van der Waals surface area contributed by atoms with Gasteiger partial charge in [-0.05, 0) is 30.7 Å². The Labute approximate surface area is 93.1 Å². The summed E-state index contributed by atoms with van der Waals surface area (Å²) in [7, 11) is 0. The second kappa shape index (κ2) is 4.36. The Hall–Kier alpha value is -0.820. The van der Waals surface area contributed by atoms with Crippen molar-refractivity contribution in [2.45, 2.75) is 46.1 Å². The highest BCUT2D eigenvalue weighted by atomic mass is 16.3. The third-order valence-electron chi connectivity index (χ3n) is 2.76. The molecule has 0 aliphatic carbocycles. The highest BCUT2D eigenvalue weighted by Crippen LogP contribution is 2.31. The minimum Gasteiger partial charge on any atom is -0.385 e. The molecule has 0 radical (unpaired) electrons. The number of aliphatic hydroxyl groups is 1. The van der Waals surface area contributed by atoms with Gasteiger partial charge in [0.05, 0.1) is 5.60 Å². The summed E-state index contributed by atoms with van der Waals surface area (Å²) in [4.78, 5) is 0. The number of rotatable bonds is 3. The van der Waals surface area contributed by atoms with Crippen LogP contribution in [0.4, 0.5) is 0 Å². The van der Waals surface area contributed by atoms with Crippen molar-refractivity contribution in [3.05, 3.63) is 35.9 Å². The minimum atomic E-state index is -0.700. The largest absolute Gasteiger partial charge is 0.385 e. The minimum absolute atomic E-state index is 0.277. The van der Waals surface area contributed by atoms with Gasteiger partial charge in [0.2, 0.25) is 0 Å². The first-order valence-corrected chi connectivity index (χ1v) is 5.59. The van der Waals surface area contributed by atoms with Crippen molar-refractivity contribution in [1.82, 2.24) is 0 Å². The van der Waals surface area contributed by atoms with Gasteiger partial charge >= 0.3 is 0 Å². The molecule has 0 amide bonds. The molecule has 1 unspecified atom stereocenters. The van der Waals surface area contributed by atoms with Crippen molar-refractivity contribution >= 4 is 0 Å². The maximum atomic E-state index is 10.3. The Morgan fingerprint density at radius 1 is 0.933 bits per heavy atom. The summed E-state index contributed by atoms with van der Waals surface area (Å²) in [5.74, 6) is 0. The van der Waals surface area contributed by atoms with Gasteiger partial charge in [0.1, 0.15) is 0 Å². The predicted molar refractivity (Wildman–Crippen MR) is 64.7 cm³/mol. The van der Waals surface area contributed by atoms with Gasteiger partial charge in [-0.25, -0.2) is 0 Å². The second-order valence-electron chi connectivity index (χ2n) is 5.70. The Kier molecular flexibility index (Phi) is 3.56. The van der Waals surface area contributed by atoms with Gasteiger partial charge < -0.3 is 5.11 Å². The maximum absolute atomic E-state index is 10.3. The van der Waals surface area contributed by atoms with Crippen LogP contribution >= 0.6 is 0 Å². The van der Waals surface area contributed by atoms with Gasteiger partial charge in [-0.15, -0.1) is 0 Å². The van der Waals surface area contributed by atoms with Gasteiger partial charge in [-0.1, -0.05) is 51.1 Å². The van der Waals surface area contributed by atoms with Crippen molar-refractivity contribution < 1.29 is 5.11 Å². The molecule has 1 heteroatoms. The van der Waals surface area contributed by atoms with Crippen LogP contribution in [0.1, 0.15) is 46.1 Å². The summed E-state index contributed by atoms with van der Waals surface area (Å²) in [6, 6.07) is 9.90. The van der Waals surface area contributed by atoms with Crippen LogP contribution in [0.25, 0.3) is 0 Å². The molecule has 1 N–H and O–H groups in total. The summed E-state index contributed by atoms with van der Waals surface area (Å²) in [5.41, 5.74) is 0.585. The molecule has 0 bridgehead atoms. The molecule has 0 spiro atoms. The van der Waals surface area contributed by atoms with Gasteiger partial charge in [0.15, 0.2) is 0 Å². The van der Waals surface area contributed by atoms with E-state index in [1.807, 2.05) is 37.3 Å². The molecule has 0 saturated carbocycles. The lowest BCUT2D eigenvalue weighted by Gasteiger charge is -2.28. The van der Waals surface area contributed by atoms with Crippen molar-refractivity contribution in [3.63, 3.8) is 0 Å². The van der Waals surface area contributed by atoms with Crippen molar-refractivity contribution in [3.8, 4) is 0 Å². The molecule has 1 aromatic carbocycles. The summed E-state index contributed by atoms with van der Waals surface area (Å²) >= 11 is 0. The highest BCUT2D eigenvalue weighted by Gasteiger charge is 2.25. The van der Waals surface area contributed by atoms with E-state index in [0.717, 1.165) is 18.4 Å². The first kappa shape index (κ1) is 12.3. The van der Waals surface area contributed by atoms with Crippen LogP contribution in [-0.4, -0.2) is 5.11 Å². The van der Waals surface area contributed by atoms with Gasteiger partial charge in [0, 0.05) is 0 Å². The lowest BCUT2D eigenvalue weighted by atomic mass is 9.82. The predicted octanol–water partition coefficient (Wildman–Crippen LogP) is 3.72. The molecule has 0 saturated heterocycles. The Morgan fingerprint density at radius 3 is 1.93 bits per heavy atom. The molecule has 0 fully saturated rings. The van der Waals surface area contributed by atoms with E-state index in [1.54, 1.807) is 0 Å². The molecular weight excluding hydrogens is 184 g/mol. The average Bonchev–Trinajstić information content (AvgIpc) is 2.16. The topological polar surface area (TPSA) is 20.2 Å². The van der Waals surface area contributed by atoms with Crippen LogP contribution < -0.4 is 0 Å². The molecule has 0 heterocycles. The Morgan fingerprint density at radius 2 is 1.47 bits per heavy atom. The molecule has 1 aromatic rings. The number of benzene rings is 1. The first-order chi connectivity index (χ1) is 6.81. The fraction of sp³-hybridized carbons (Fsp3) is 0.571. The molecule has 1 atom stereocenters. The molecular formula is C14H22O. The second-order valence-corrected chi connectivity index (χ2v) is 5.70. The van der Waals surface area contributed by atoms with E-state index < -0.39 is 5.60 Å². The molecule has 1 nitrogen and oxygen atoms in total. The first-order valence-electron chi connectivity index (χ1n) is 5.59. The van der Waals surface area contributed by atoms with Crippen LogP contribution in [0.5, 0.6) is 0 Å².